The van der Waals surface area contributed by atoms with E-state index >= 15 is 0 Å². The predicted octanol–water partition coefficient (Wildman–Crippen LogP) is 5.99. The molecule has 6 heteroatoms. The minimum absolute atomic E-state index is 0.267. The van der Waals surface area contributed by atoms with E-state index < -0.39 is 0 Å². The molecule has 0 saturated heterocycles. The largest absolute Gasteiger partial charge is 0.366 e. The Hall–Kier alpha value is -1.29. The van der Waals surface area contributed by atoms with Crippen LogP contribution in [0.5, 0.6) is 0 Å². The van der Waals surface area contributed by atoms with Crippen molar-refractivity contribution < 1.29 is 4.39 Å². The molecule has 2 aromatic rings. The minimum atomic E-state index is -0.364. The molecule has 0 N–H and O–H groups in total. The Bertz CT molecular complexity index is 712. The molecule has 0 saturated carbocycles. The van der Waals surface area contributed by atoms with Gasteiger partial charge in [-0.05, 0) is 36.8 Å². The maximum Gasteiger partial charge on any atom is 0.128 e. The Morgan fingerprint density at radius 1 is 1.13 bits per heavy atom. The first-order valence-electron chi connectivity index (χ1n) is 7.07. The fourth-order valence-corrected chi connectivity index (χ4v) is 2.64. The first-order valence-corrected chi connectivity index (χ1v) is 8.21. The molecule has 0 aliphatic carbocycles. The van der Waals surface area contributed by atoms with Crippen LogP contribution in [0.1, 0.15) is 18.1 Å². The van der Waals surface area contributed by atoms with Crippen molar-refractivity contribution in [1.82, 2.24) is 4.90 Å². The van der Waals surface area contributed by atoms with Gasteiger partial charge in [0, 0.05) is 35.6 Å². The van der Waals surface area contributed by atoms with Crippen molar-refractivity contribution in [3.8, 4) is 0 Å². The van der Waals surface area contributed by atoms with E-state index in [9.17, 15) is 4.39 Å². The van der Waals surface area contributed by atoms with Crippen molar-refractivity contribution in [3.63, 3.8) is 0 Å². The van der Waals surface area contributed by atoms with Crippen LogP contribution >= 0.6 is 34.8 Å². The lowest BCUT2D eigenvalue weighted by atomic mass is 10.0. The van der Waals surface area contributed by atoms with Crippen LogP contribution in [-0.4, -0.2) is 24.8 Å². The number of hydrogen-bond donors (Lipinski definition) is 0. The van der Waals surface area contributed by atoms with Gasteiger partial charge in [0.05, 0.1) is 17.0 Å². The van der Waals surface area contributed by atoms with Crippen LogP contribution in [0.3, 0.4) is 0 Å². The molecule has 2 rings (SSSR count). The molecule has 0 atom stereocenters. The van der Waals surface area contributed by atoms with Crippen molar-refractivity contribution in [2.45, 2.75) is 13.3 Å². The van der Waals surface area contributed by atoms with Crippen molar-refractivity contribution in [2.75, 3.05) is 13.6 Å². The lowest BCUT2D eigenvalue weighted by molar-refractivity contribution is 0.552. The van der Waals surface area contributed by atoms with Crippen molar-refractivity contribution >= 4 is 46.8 Å². The summed E-state index contributed by atoms with van der Waals surface area (Å²) in [4.78, 5) is 6.22. The third-order valence-electron chi connectivity index (χ3n) is 3.44. The van der Waals surface area contributed by atoms with Crippen LogP contribution in [0.25, 0.3) is 0 Å². The van der Waals surface area contributed by atoms with Gasteiger partial charge in [-0.3, -0.25) is 0 Å². The van der Waals surface area contributed by atoms with Crippen LogP contribution in [-0.2, 0) is 6.42 Å². The smallest absolute Gasteiger partial charge is 0.128 e. The Balaban J connectivity index is 2.32. The molecular weight excluding hydrogens is 358 g/mol. The average molecular weight is 374 g/mol. The summed E-state index contributed by atoms with van der Waals surface area (Å²) in [5.41, 5.74) is 1.67. The minimum Gasteiger partial charge on any atom is -0.366 e. The van der Waals surface area contributed by atoms with Gasteiger partial charge in [-0.15, -0.1) is 0 Å². The number of nitrogens with zero attached hydrogens (tertiary/aromatic N) is 2. The maximum absolute atomic E-state index is 13.9. The highest BCUT2D eigenvalue weighted by Crippen LogP contribution is 2.33. The molecule has 0 aliphatic rings. The molecule has 0 fully saturated rings. The summed E-state index contributed by atoms with van der Waals surface area (Å²) in [6.07, 6.45) is 1.95. The molecule has 0 aromatic heterocycles. The Morgan fingerprint density at radius 3 is 2.52 bits per heavy atom. The molecule has 23 heavy (non-hydrogen) atoms. The summed E-state index contributed by atoms with van der Waals surface area (Å²) < 4.78 is 13.9. The standard InChI is InChI=1S/C17H16Cl3FN2/c1-3-23(2)10-22-17-9-14(19)11(8-15(17)20)7-12-13(18)5-4-6-16(12)21/h4-6,8-10H,3,7H2,1-2H3/b22-10-. The zero-order chi connectivity index (χ0) is 17.0. The van der Waals surface area contributed by atoms with E-state index in [1.54, 1.807) is 30.6 Å². The third kappa shape index (κ3) is 4.60. The van der Waals surface area contributed by atoms with E-state index in [0.29, 0.717) is 31.9 Å². The van der Waals surface area contributed by atoms with Crippen LogP contribution in [0.15, 0.2) is 35.3 Å². The van der Waals surface area contributed by atoms with Gasteiger partial charge in [-0.1, -0.05) is 40.9 Å². The second-order valence-corrected chi connectivity index (χ2v) is 6.31. The van der Waals surface area contributed by atoms with E-state index in [0.717, 1.165) is 6.54 Å². The molecule has 0 amide bonds. The highest BCUT2D eigenvalue weighted by molar-refractivity contribution is 6.35. The molecule has 0 bridgehead atoms. The lowest BCUT2D eigenvalue weighted by Gasteiger charge is -2.11. The monoisotopic (exact) mass is 372 g/mol. The van der Waals surface area contributed by atoms with Crippen molar-refractivity contribution in [2.24, 2.45) is 4.99 Å². The number of hydrogen-bond acceptors (Lipinski definition) is 1. The Labute approximate surface area is 150 Å². The zero-order valence-corrected chi connectivity index (χ0v) is 15.1. The van der Waals surface area contributed by atoms with Gasteiger partial charge in [0.25, 0.3) is 0 Å². The molecule has 2 aromatic carbocycles. The summed E-state index contributed by atoms with van der Waals surface area (Å²) in [6.45, 7) is 2.85. The van der Waals surface area contributed by atoms with Gasteiger partial charge < -0.3 is 4.90 Å². The van der Waals surface area contributed by atoms with Gasteiger partial charge in [0.1, 0.15) is 5.82 Å². The van der Waals surface area contributed by atoms with Gasteiger partial charge in [-0.25, -0.2) is 9.38 Å². The van der Waals surface area contributed by atoms with Crippen molar-refractivity contribution in [1.29, 1.82) is 0 Å². The summed E-state index contributed by atoms with van der Waals surface area (Å²) >= 11 is 18.6. The highest BCUT2D eigenvalue weighted by Gasteiger charge is 2.12. The van der Waals surface area contributed by atoms with Crippen LogP contribution in [0.4, 0.5) is 10.1 Å². The maximum atomic E-state index is 13.9. The second-order valence-electron chi connectivity index (χ2n) is 5.09. The Morgan fingerprint density at radius 2 is 1.87 bits per heavy atom. The molecule has 2 nitrogen and oxygen atoms in total. The molecule has 122 valence electrons. The second kappa shape index (κ2) is 8.00. The summed E-state index contributed by atoms with van der Waals surface area (Å²) in [5.74, 6) is -0.364. The zero-order valence-electron chi connectivity index (χ0n) is 12.8. The number of halogens is 4. The predicted molar refractivity (Wildman–Crippen MR) is 97.1 cm³/mol. The first-order chi connectivity index (χ1) is 10.9. The van der Waals surface area contributed by atoms with E-state index in [4.69, 9.17) is 34.8 Å². The summed E-state index contributed by atoms with van der Waals surface area (Å²) in [6, 6.07) is 7.96. The third-order valence-corrected chi connectivity index (χ3v) is 4.45. The highest BCUT2D eigenvalue weighted by atomic mass is 35.5. The SMILES string of the molecule is CCN(C)/C=N\c1cc(Cl)c(Cc2c(F)cccc2Cl)cc1Cl. The summed E-state index contributed by atoms with van der Waals surface area (Å²) in [5, 5.41) is 1.29. The fourth-order valence-electron chi connectivity index (χ4n) is 1.95. The van der Waals surface area contributed by atoms with E-state index in [1.807, 2.05) is 18.9 Å². The van der Waals surface area contributed by atoms with Gasteiger partial charge >= 0.3 is 0 Å². The molecule has 0 aliphatic heterocycles. The number of aliphatic imine (C=N–C) groups is 1. The van der Waals surface area contributed by atoms with Crippen LogP contribution in [0, 0.1) is 5.82 Å². The molecule has 0 radical (unpaired) electrons. The fraction of sp³-hybridized carbons (Fsp3) is 0.235. The quantitative estimate of drug-likeness (QED) is 0.464. The molecule has 0 unspecified atom stereocenters. The first kappa shape index (κ1) is 18.1. The van der Waals surface area contributed by atoms with E-state index in [1.165, 1.54) is 6.07 Å². The van der Waals surface area contributed by atoms with Gasteiger partial charge in [-0.2, -0.15) is 0 Å². The van der Waals surface area contributed by atoms with E-state index in [-0.39, 0.29) is 12.2 Å². The Kier molecular flexibility index (Phi) is 6.28. The van der Waals surface area contributed by atoms with Gasteiger partial charge in [0.2, 0.25) is 0 Å². The van der Waals surface area contributed by atoms with E-state index in [2.05, 4.69) is 4.99 Å². The van der Waals surface area contributed by atoms with Crippen molar-refractivity contribution in [3.05, 3.63) is 62.3 Å². The van der Waals surface area contributed by atoms with Crippen LogP contribution < -0.4 is 0 Å². The molecule has 0 spiro atoms. The van der Waals surface area contributed by atoms with Gasteiger partial charge in [0.15, 0.2) is 0 Å². The topological polar surface area (TPSA) is 15.6 Å². The normalized spacial score (nSPS) is 11.2. The van der Waals surface area contributed by atoms with Crippen LogP contribution in [0.2, 0.25) is 15.1 Å². The average Bonchev–Trinajstić information content (AvgIpc) is 2.52. The summed E-state index contributed by atoms with van der Waals surface area (Å²) in [7, 11) is 1.91. The lowest BCUT2D eigenvalue weighted by Crippen LogP contribution is -2.14. The molecule has 0 heterocycles. The molecular formula is C17H16Cl3FN2. The number of benzene rings is 2. The number of rotatable bonds is 5.